The van der Waals surface area contributed by atoms with Crippen molar-refractivity contribution in [1.29, 1.82) is 0 Å². The van der Waals surface area contributed by atoms with Crippen molar-refractivity contribution >= 4 is 23.8 Å². The summed E-state index contributed by atoms with van der Waals surface area (Å²) in [4.78, 5) is 45.9. The van der Waals surface area contributed by atoms with Gasteiger partial charge in [-0.2, -0.15) is 0 Å². The fourth-order valence-corrected chi connectivity index (χ4v) is 4.05. The van der Waals surface area contributed by atoms with E-state index in [9.17, 15) is 60.0 Å². The van der Waals surface area contributed by atoms with E-state index in [2.05, 4.69) is 5.32 Å². The van der Waals surface area contributed by atoms with Crippen LogP contribution in [0.4, 0.5) is 0 Å². The normalized spacial score (nSPS) is 32.1. The van der Waals surface area contributed by atoms with E-state index in [0.717, 1.165) is 19.1 Å². The summed E-state index contributed by atoms with van der Waals surface area (Å²) in [6, 6.07) is 0.697. The third-order valence-corrected chi connectivity index (χ3v) is 5.95. The molecule has 1 amide bonds. The molecular weight excluding hydrogens is 603 g/mol. The Morgan fingerprint density at radius 2 is 1.38 bits per heavy atom. The Kier molecular flexibility index (Phi) is 17.7. The summed E-state index contributed by atoms with van der Waals surface area (Å²) >= 11 is 0. The molecule has 216 valence electrons. The molecule has 0 saturated carbocycles. The number of nitrogens with one attached hydrogen (secondary N) is 1. The van der Waals surface area contributed by atoms with Gasteiger partial charge >= 0.3 is 88.7 Å². The van der Waals surface area contributed by atoms with Crippen LogP contribution in [0.2, 0.25) is 0 Å². The van der Waals surface area contributed by atoms with Gasteiger partial charge in [-0.05, 0) is 18.2 Å². The van der Waals surface area contributed by atoms with Crippen molar-refractivity contribution in [2.75, 3.05) is 6.61 Å². The van der Waals surface area contributed by atoms with E-state index >= 15 is 0 Å². The van der Waals surface area contributed by atoms with Gasteiger partial charge in [-0.3, -0.25) is 4.79 Å². The maximum Gasteiger partial charge on any atom is 1.00 e. The number of carboxylic acids is 3. The second kappa shape index (κ2) is 17.9. The van der Waals surface area contributed by atoms with Crippen LogP contribution in [-0.2, 0) is 23.8 Å². The maximum absolute atomic E-state index is 11.9. The zero-order chi connectivity index (χ0) is 29.2. The van der Waals surface area contributed by atoms with E-state index < -0.39 is 109 Å². The van der Waals surface area contributed by atoms with Crippen molar-refractivity contribution in [2.24, 2.45) is 0 Å². The van der Waals surface area contributed by atoms with Crippen molar-refractivity contribution in [3.8, 4) is 5.75 Å². The minimum Gasteiger partial charge on any atom is -0.547 e. The number of aliphatic hydroxyl groups excluding tert-OH is 5. The minimum absolute atomic E-state index is 0. The number of aromatic carboxylic acids is 2. The molecule has 2 heterocycles. The maximum atomic E-state index is 11.9. The smallest absolute Gasteiger partial charge is 0.547 e. The molecule has 1 aromatic rings. The van der Waals surface area contributed by atoms with E-state index in [1.807, 2.05) is 0 Å². The van der Waals surface area contributed by atoms with Crippen LogP contribution < -0.4 is 114 Å². The van der Waals surface area contributed by atoms with Crippen LogP contribution in [0, 0.1) is 0 Å². The molecule has 2 aliphatic rings. The van der Waals surface area contributed by atoms with Crippen LogP contribution >= 0.6 is 0 Å². The van der Waals surface area contributed by atoms with Crippen molar-refractivity contribution in [1.82, 2.24) is 5.32 Å². The molecule has 10 atom stereocenters. The molecule has 2 saturated heterocycles. The fraction of sp³-hybridized carbons (Fsp3) is 0.545. The first-order chi connectivity index (χ1) is 18.2. The van der Waals surface area contributed by atoms with Gasteiger partial charge in [0.1, 0.15) is 54.5 Å². The molecule has 17 nitrogen and oxygen atoms in total. The molecule has 3 rings (SSSR count). The third-order valence-electron chi connectivity index (χ3n) is 5.95. The van der Waals surface area contributed by atoms with Gasteiger partial charge in [0.2, 0.25) is 12.2 Å². The molecule has 0 radical (unpaired) electrons. The molecule has 20 heteroatoms. The van der Waals surface area contributed by atoms with Crippen molar-refractivity contribution in [2.45, 2.75) is 68.3 Å². The molecule has 2 fully saturated rings. The van der Waals surface area contributed by atoms with Gasteiger partial charge in [0.05, 0.1) is 24.5 Å². The number of hydrogen-bond donors (Lipinski definition) is 6. The van der Waals surface area contributed by atoms with Crippen LogP contribution in [-0.4, -0.2) is 117 Å². The summed E-state index contributed by atoms with van der Waals surface area (Å²) in [5.41, 5.74) is -1.35. The third kappa shape index (κ3) is 9.79. The summed E-state index contributed by atoms with van der Waals surface area (Å²) in [7, 11) is 0. The SMILES string of the molecule is CC(=O)N[C@H]1[C@@H](O[C@H]2[C@H](O)[C@@H](O)[C@H](Oc3cc(C(=O)[O-])cc(C(=O)[O-])c3)O[C@@H]2C(=O)[O-])O[C@H](CO)[C@@H](O)[C@@H]1O.[Na+].[Na+].[Na+]. The van der Waals surface area contributed by atoms with E-state index in [4.69, 9.17) is 18.9 Å². The predicted octanol–water partition coefficient (Wildman–Crippen LogP) is -16.7. The van der Waals surface area contributed by atoms with Gasteiger partial charge in [-0.1, -0.05) is 0 Å². The zero-order valence-electron chi connectivity index (χ0n) is 22.9. The molecule has 0 aromatic heterocycles. The number of ether oxygens (including phenoxy) is 4. The molecule has 0 bridgehead atoms. The molecule has 2 aliphatic heterocycles. The van der Waals surface area contributed by atoms with Crippen molar-refractivity contribution in [3.05, 3.63) is 29.3 Å². The van der Waals surface area contributed by atoms with Crippen LogP contribution in [0.25, 0.3) is 0 Å². The van der Waals surface area contributed by atoms with Gasteiger partial charge in [-0.25, -0.2) is 0 Å². The number of amides is 1. The summed E-state index contributed by atoms with van der Waals surface area (Å²) in [6.45, 7) is 0.208. The second-order valence-electron chi connectivity index (χ2n) is 8.70. The van der Waals surface area contributed by atoms with Crippen molar-refractivity contribution in [3.63, 3.8) is 0 Å². The van der Waals surface area contributed by atoms with Crippen LogP contribution in [0.15, 0.2) is 18.2 Å². The number of hydrogen-bond acceptors (Lipinski definition) is 16. The Labute approximate surface area is 304 Å². The molecule has 0 spiro atoms. The molecule has 0 aliphatic carbocycles. The topological polar surface area (TPSA) is 288 Å². The fourth-order valence-electron chi connectivity index (χ4n) is 4.05. The Morgan fingerprint density at radius 3 is 1.83 bits per heavy atom. The average Bonchev–Trinajstić information content (AvgIpc) is 2.87. The standard InChI is InChI=1S/C22H27NO16.3Na/c1-6(25)23-11-13(27)12(26)10(5-24)37-21(11)38-16-14(28)15(29)22(39-17(16)20(34)35)36-9-3-7(18(30)31)2-8(4-9)19(32)33;;;/h2-4,10-17,21-22,24,26-29H,5H2,1H3,(H,23,25)(H,30,31)(H,32,33)(H,34,35);;;/q;3*+1/p-3/t10-,11-,12-,13-,14-,15-,16+,17+,21-,22-;;;/m1.../s1. The second-order valence-corrected chi connectivity index (χ2v) is 8.70. The van der Waals surface area contributed by atoms with E-state index in [-0.39, 0.29) is 88.7 Å². The Morgan fingerprint density at radius 1 is 0.833 bits per heavy atom. The molecule has 0 unspecified atom stereocenters. The van der Waals surface area contributed by atoms with Crippen LogP contribution in [0.1, 0.15) is 27.6 Å². The molecule has 6 N–H and O–H groups in total. The van der Waals surface area contributed by atoms with Gasteiger partial charge in [0.25, 0.3) is 0 Å². The average molecular weight is 627 g/mol. The Bertz CT molecular complexity index is 1080. The number of benzene rings is 1. The summed E-state index contributed by atoms with van der Waals surface area (Å²) in [6.07, 6.45) is -17.4. The monoisotopic (exact) mass is 627 g/mol. The molecular formula is C22H24NNa3O16. The van der Waals surface area contributed by atoms with Crippen LogP contribution in [0.3, 0.4) is 0 Å². The quantitative estimate of drug-likeness (QED) is 0.139. The van der Waals surface area contributed by atoms with E-state index in [1.165, 1.54) is 0 Å². The first-order valence-electron chi connectivity index (χ1n) is 11.3. The van der Waals surface area contributed by atoms with Crippen LogP contribution in [0.5, 0.6) is 5.75 Å². The number of rotatable bonds is 9. The number of aliphatic carboxylic acids is 1. The van der Waals surface area contributed by atoms with Crippen molar-refractivity contribution < 1.29 is 168 Å². The summed E-state index contributed by atoms with van der Waals surface area (Å²) in [5, 5.41) is 87.7. The Balaban J connectivity index is 0.00000560. The van der Waals surface area contributed by atoms with Gasteiger partial charge in [0.15, 0.2) is 6.29 Å². The van der Waals surface area contributed by atoms with Gasteiger partial charge in [-0.15, -0.1) is 0 Å². The zero-order valence-corrected chi connectivity index (χ0v) is 28.9. The van der Waals surface area contributed by atoms with E-state index in [1.54, 1.807) is 0 Å². The largest absolute Gasteiger partial charge is 1.00 e. The van der Waals surface area contributed by atoms with Gasteiger partial charge < -0.3 is 79.5 Å². The van der Waals surface area contributed by atoms with E-state index in [0.29, 0.717) is 6.07 Å². The number of carbonyl (C=O) groups excluding carboxylic acids is 4. The summed E-state index contributed by atoms with van der Waals surface area (Å²) < 4.78 is 21.2. The minimum atomic E-state index is -2.24. The first kappa shape index (κ1) is 41.6. The molecule has 1 aromatic carbocycles. The predicted molar refractivity (Wildman–Crippen MR) is 112 cm³/mol. The number of aliphatic hydroxyl groups is 5. The first-order valence-corrected chi connectivity index (χ1v) is 11.3. The Hall–Kier alpha value is -0.420. The summed E-state index contributed by atoms with van der Waals surface area (Å²) in [5.74, 6) is -6.89. The number of carbonyl (C=O) groups is 4. The van der Waals surface area contributed by atoms with Gasteiger partial charge in [0, 0.05) is 18.1 Å². The molecule has 42 heavy (non-hydrogen) atoms. The number of carboxylic acid groups (broad SMARTS) is 3.